The van der Waals surface area contributed by atoms with Crippen molar-refractivity contribution in [1.82, 2.24) is 0 Å². The van der Waals surface area contributed by atoms with Crippen LogP contribution in [0.2, 0.25) is 0 Å². The molecule has 2 aromatic rings. The van der Waals surface area contributed by atoms with Crippen molar-refractivity contribution in [3.05, 3.63) is 65.2 Å². The average molecular weight is 354 g/mol. The summed E-state index contributed by atoms with van der Waals surface area (Å²) in [5.74, 6) is 0.314. The van der Waals surface area contributed by atoms with Crippen molar-refractivity contribution in [3.8, 4) is 0 Å². The molecule has 0 saturated heterocycles. The van der Waals surface area contributed by atoms with Crippen molar-refractivity contribution in [3.63, 3.8) is 0 Å². The molecule has 3 nitrogen and oxygen atoms in total. The molecule has 1 unspecified atom stereocenters. The fourth-order valence-corrected chi connectivity index (χ4v) is 3.14. The molecule has 0 aliphatic rings. The zero-order valence-corrected chi connectivity index (χ0v) is 17.5. The van der Waals surface area contributed by atoms with Gasteiger partial charge in [-0.2, -0.15) is 0 Å². The van der Waals surface area contributed by atoms with Crippen LogP contribution >= 0.6 is 0 Å². The molecule has 0 aliphatic carbocycles. The van der Waals surface area contributed by atoms with Crippen LogP contribution in [-0.2, 0) is 23.0 Å². The molecular formula is C19H23NaO3S. The van der Waals surface area contributed by atoms with E-state index in [9.17, 15) is 13.0 Å². The van der Waals surface area contributed by atoms with E-state index in [1.807, 2.05) is 0 Å². The van der Waals surface area contributed by atoms with Crippen LogP contribution in [0.1, 0.15) is 49.3 Å². The van der Waals surface area contributed by atoms with Gasteiger partial charge in [-0.3, -0.25) is 0 Å². The first-order valence-electron chi connectivity index (χ1n) is 8.04. The van der Waals surface area contributed by atoms with Gasteiger partial charge in [-0.15, -0.1) is 0 Å². The summed E-state index contributed by atoms with van der Waals surface area (Å²) < 4.78 is 32.8. The Morgan fingerprint density at radius 1 is 0.917 bits per heavy atom. The van der Waals surface area contributed by atoms with E-state index in [0.717, 1.165) is 31.2 Å². The third-order valence-electron chi connectivity index (χ3n) is 4.17. The van der Waals surface area contributed by atoms with E-state index in [0.29, 0.717) is 5.92 Å². The third kappa shape index (κ3) is 6.34. The standard InChI is InChI=1S/C19H24O3S.Na/c1-3-4-16-7-9-17(10-8-16)6-5-15(2)18-11-13-19(14-12-18)23(20,21)22;/h7-15H,3-6H2,1-2H3,(H,20,21,22);/q;+1/p-1. The molecule has 0 radical (unpaired) electrons. The van der Waals surface area contributed by atoms with E-state index in [1.54, 1.807) is 12.1 Å². The van der Waals surface area contributed by atoms with Crippen LogP contribution < -0.4 is 29.6 Å². The normalized spacial score (nSPS) is 12.5. The van der Waals surface area contributed by atoms with Gasteiger partial charge in [0, 0.05) is 0 Å². The van der Waals surface area contributed by atoms with Crippen LogP contribution in [0.4, 0.5) is 0 Å². The molecule has 0 N–H and O–H groups in total. The molecule has 2 rings (SSSR count). The largest absolute Gasteiger partial charge is 1.00 e. The molecule has 0 amide bonds. The number of hydrogen-bond donors (Lipinski definition) is 0. The predicted octanol–water partition coefficient (Wildman–Crippen LogP) is 1.28. The Morgan fingerprint density at radius 3 is 1.88 bits per heavy atom. The Hall–Kier alpha value is -0.650. The topological polar surface area (TPSA) is 57.2 Å². The molecule has 0 aromatic heterocycles. The number of benzene rings is 2. The minimum absolute atomic E-state index is 0. The minimum Gasteiger partial charge on any atom is -0.744 e. The summed E-state index contributed by atoms with van der Waals surface area (Å²) in [4.78, 5) is -0.167. The number of hydrogen-bond acceptors (Lipinski definition) is 3. The van der Waals surface area contributed by atoms with E-state index in [1.165, 1.54) is 23.3 Å². The maximum Gasteiger partial charge on any atom is 1.00 e. The average Bonchev–Trinajstić information content (AvgIpc) is 2.53. The van der Waals surface area contributed by atoms with E-state index >= 15 is 0 Å². The van der Waals surface area contributed by atoms with E-state index in [2.05, 4.69) is 38.1 Å². The molecule has 24 heavy (non-hydrogen) atoms. The monoisotopic (exact) mass is 354 g/mol. The van der Waals surface area contributed by atoms with Gasteiger partial charge in [-0.25, -0.2) is 8.42 Å². The first-order valence-corrected chi connectivity index (χ1v) is 9.44. The number of rotatable bonds is 7. The summed E-state index contributed by atoms with van der Waals surface area (Å²) in [5, 5.41) is 0. The zero-order valence-electron chi connectivity index (χ0n) is 14.7. The van der Waals surface area contributed by atoms with Crippen molar-refractivity contribution in [1.29, 1.82) is 0 Å². The first-order chi connectivity index (χ1) is 10.9. The van der Waals surface area contributed by atoms with E-state index in [-0.39, 0.29) is 34.5 Å². The van der Waals surface area contributed by atoms with Gasteiger partial charge in [0.25, 0.3) is 0 Å². The summed E-state index contributed by atoms with van der Waals surface area (Å²) in [6.45, 7) is 4.30. The molecule has 0 heterocycles. The van der Waals surface area contributed by atoms with Gasteiger partial charge in [-0.1, -0.05) is 56.7 Å². The van der Waals surface area contributed by atoms with Gasteiger partial charge in [0.05, 0.1) is 4.90 Å². The SMILES string of the molecule is CCCc1ccc(CCC(C)c2ccc(S(=O)(=O)[O-])cc2)cc1.[Na+]. The second-order valence-electron chi connectivity index (χ2n) is 6.03. The molecule has 2 aromatic carbocycles. The summed E-state index contributed by atoms with van der Waals surface area (Å²) >= 11 is 0. The van der Waals surface area contributed by atoms with E-state index in [4.69, 9.17) is 0 Å². The molecule has 0 spiro atoms. The van der Waals surface area contributed by atoms with Crippen molar-refractivity contribution in [2.45, 2.75) is 50.3 Å². The molecule has 0 bridgehead atoms. The quantitative estimate of drug-likeness (QED) is 0.556. The van der Waals surface area contributed by atoms with Crippen molar-refractivity contribution >= 4 is 10.1 Å². The molecule has 0 fully saturated rings. The van der Waals surface area contributed by atoms with Crippen LogP contribution in [0.15, 0.2) is 53.4 Å². The summed E-state index contributed by atoms with van der Waals surface area (Å²) in [6.07, 6.45) is 4.24. The molecule has 0 saturated carbocycles. The maximum atomic E-state index is 10.9. The minimum atomic E-state index is -4.36. The molecule has 5 heteroatoms. The Balaban J connectivity index is 0.00000288. The summed E-state index contributed by atoms with van der Waals surface area (Å²) in [7, 11) is -4.36. The van der Waals surface area contributed by atoms with Gasteiger partial charge in [0.1, 0.15) is 10.1 Å². The Morgan fingerprint density at radius 2 is 1.42 bits per heavy atom. The third-order valence-corrected chi connectivity index (χ3v) is 5.01. The second-order valence-corrected chi connectivity index (χ2v) is 7.41. The van der Waals surface area contributed by atoms with E-state index < -0.39 is 10.1 Å². The zero-order chi connectivity index (χ0) is 16.9. The van der Waals surface area contributed by atoms with Gasteiger partial charge < -0.3 is 4.55 Å². The molecule has 124 valence electrons. The van der Waals surface area contributed by atoms with Crippen molar-refractivity contribution in [2.24, 2.45) is 0 Å². The fraction of sp³-hybridized carbons (Fsp3) is 0.368. The molecular weight excluding hydrogens is 331 g/mol. The van der Waals surface area contributed by atoms with Gasteiger partial charge in [-0.05, 0) is 54.0 Å². The fourth-order valence-electron chi connectivity index (χ4n) is 2.67. The van der Waals surface area contributed by atoms with Crippen molar-refractivity contribution in [2.75, 3.05) is 0 Å². The van der Waals surface area contributed by atoms with Gasteiger partial charge in [0.15, 0.2) is 0 Å². The molecule has 1 atom stereocenters. The Bertz CT molecular complexity index is 722. The number of aryl methyl sites for hydroxylation is 2. The van der Waals surface area contributed by atoms with Crippen LogP contribution in [0.3, 0.4) is 0 Å². The van der Waals surface area contributed by atoms with Gasteiger partial charge in [0.2, 0.25) is 0 Å². The van der Waals surface area contributed by atoms with Crippen LogP contribution in [0.25, 0.3) is 0 Å². The van der Waals surface area contributed by atoms with Crippen LogP contribution in [0, 0.1) is 0 Å². The predicted molar refractivity (Wildman–Crippen MR) is 91.6 cm³/mol. The van der Waals surface area contributed by atoms with Crippen LogP contribution in [-0.4, -0.2) is 13.0 Å². The molecule has 0 aliphatic heterocycles. The Labute approximate surface area is 167 Å². The Kier molecular flexibility index (Phi) is 8.68. The smallest absolute Gasteiger partial charge is 0.744 e. The van der Waals surface area contributed by atoms with Crippen molar-refractivity contribution < 1.29 is 42.5 Å². The maximum absolute atomic E-state index is 10.9. The summed E-state index contributed by atoms with van der Waals surface area (Å²) in [5.41, 5.74) is 3.74. The van der Waals surface area contributed by atoms with Gasteiger partial charge >= 0.3 is 29.6 Å². The first kappa shape index (κ1) is 21.4. The summed E-state index contributed by atoms with van der Waals surface area (Å²) in [6, 6.07) is 15.0. The second kappa shape index (κ2) is 9.73. The van der Waals surface area contributed by atoms with Crippen LogP contribution in [0.5, 0.6) is 0 Å².